The lowest BCUT2D eigenvalue weighted by atomic mass is 9.99. The van der Waals surface area contributed by atoms with Crippen LogP contribution in [0.4, 0.5) is 5.13 Å². The van der Waals surface area contributed by atoms with E-state index in [-0.39, 0.29) is 5.91 Å². The average Bonchev–Trinajstić information content (AvgIpc) is 3.22. The number of carbonyl (C=O) groups is 1. The normalized spacial score (nSPS) is 10.7. The van der Waals surface area contributed by atoms with Crippen LogP contribution in [0.15, 0.2) is 78.9 Å². The fraction of sp³-hybridized carbons (Fsp3) is 0.0870. The van der Waals surface area contributed by atoms with Crippen LogP contribution in [-0.4, -0.2) is 16.1 Å². The largest absolute Gasteiger partial charge is 0.296 e. The fourth-order valence-electron chi connectivity index (χ4n) is 3.03. The molecular weight excluding hydrogens is 402 g/mol. The smallest absolute Gasteiger partial charge is 0.257 e. The van der Waals surface area contributed by atoms with E-state index in [1.54, 1.807) is 12.1 Å². The summed E-state index contributed by atoms with van der Waals surface area (Å²) in [4.78, 5) is 12.8. The second-order valence-corrected chi connectivity index (χ2v) is 7.93. The summed E-state index contributed by atoms with van der Waals surface area (Å²) in [6.07, 6.45) is 1.67. The molecule has 0 aliphatic carbocycles. The Morgan fingerprint density at radius 2 is 1.59 bits per heavy atom. The van der Waals surface area contributed by atoms with Crippen LogP contribution in [0.3, 0.4) is 0 Å². The van der Waals surface area contributed by atoms with Gasteiger partial charge in [-0.3, -0.25) is 10.1 Å². The van der Waals surface area contributed by atoms with E-state index in [0.29, 0.717) is 15.7 Å². The minimum atomic E-state index is -0.174. The summed E-state index contributed by atoms with van der Waals surface area (Å²) in [6, 6.07) is 25.3. The standard InChI is InChI=1S/C23H18ClN3OS/c24-19-14-12-18(13-15-19)22-26-27-23(29-22)25-21(28)20-9-5-4-8-17(20)11-10-16-6-2-1-3-7-16/h1-9,12-15H,10-11H2,(H,25,27,28). The number of aryl methyl sites for hydroxylation is 2. The maximum Gasteiger partial charge on any atom is 0.257 e. The van der Waals surface area contributed by atoms with Crippen LogP contribution in [0.5, 0.6) is 0 Å². The molecule has 4 rings (SSSR count). The van der Waals surface area contributed by atoms with Crippen molar-refractivity contribution in [2.45, 2.75) is 12.8 Å². The highest BCUT2D eigenvalue weighted by molar-refractivity contribution is 7.18. The zero-order valence-corrected chi connectivity index (χ0v) is 17.1. The highest BCUT2D eigenvalue weighted by atomic mass is 35.5. The van der Waals surface area contributed by atoms with Crippen LogP contribution < -0.4 is 5.32 Å². The van der Waals surface area contributed by atoms with Gasteiger partial charge in [0, 0.05) is 16.1 Å². The zero-order chi connectivity index (χ0) is 20.1. The number of nitrogens with one attached hydrogen (secondary N) is 1. The number of rotatable bonds is 6. The highest BCUT2D eigenvalue weighted by Gasteiger charge is 2.14. The predicted molar refractivity (Wildman–Crippen MR) is 119 cm³/mol. The van der Waals surface area contributed by atoms with E-state index in [1.165, 1.54) is 16.9 Å². The first-order chi connectivity index (χ1) is 14.2. The predicted octanol–water partition coefficient (Wildman–Crippen LogP) is 5.90. The molecule has 0 aliphatic rings. The highest BCUT2D eigenvalue weighted by Crippen LogP contribution is 2.27. The van der Waals surface area contributed by atoms with E-state index in [9.17, 15) is 4.79 Å². The van der Waals surface area contributed by atoms with E-state index in [2.05, 4.69) is 27.6 Å². The molecule has 0 saturated heterocycles. The Labute approximate surface area is 178 Å². The molecular formula is C23H18ClN3OS. The van der Waals surface area contributed by atoms with Gasteiger partial charge in [-0.25, -0.2) is 0 Å². The summed E-state index contributed by atoms with van der Waals surface area (Å²) in [6.45, 7) is 0. The maximum atomic E-state index is 12.8. The third-order valence-electron chi connectivity index (χ3n) is 4.52. The average molecular weight is 420 g/mol. The van der Waals surface area contributed by atoms with Gasteiger partial charge in [-0.05, 0) is 42.2 Å². The lowest BCUT2D eigenvalue weighted by Crippen LogP contribution is -2.14. The van der Waals surface area contributed by atoms with Crippen molar-refractivity contribution >= 4 is 34.0 Å². The van der Waals surface area contributed by atoms with Crippen molar-refractivity contribution in [3.8, 4) is 10.6 Å². The molecule has 0 saturated carbocycles. The number of hydrogen-bond donors (Lipinski definition) is 1. The molecule has 0 radical (unpaired) electrons. The van der Waals surface area contributed by atoms with Gasteiger partial charge >= 0.3 is 0 Å². The van der Waals surface area contributed by atoms with Gasteiger partial charge < -0.3 is 0 Å². The minimum Gasteiger partial charge on any atom is -0.296 e. The summed E-state index contributed by atoms with van der Waals surface area (Å²) >= 11 is 7.26. The van der Waals surface area contributed by atoms with Gasteiger partial charge in [0.1, 0.15) is 5.01 Å². The summed E-state index contributed by atoms with van der Waals surface area (Å²) in [5.41, 5.74) is 3.83. The number of nitrogens with zero attached hydrogens (tertiary/aromatic N) is 2. The Morgan fingerprint density at radius 3 is 2.38 bits per heavy atom. The topological polar surface area (TPSA) is 54.9 Å². The van der Waals surface area contributed by atoms with Crippen molar-refractivity contribution in [1.82, 2.24) is 10.2 Å². The first kappa shape index (κ1) is 19.3. The van der Waals surface area contributed by atoms with Crippen LogP contribution >= 0.6 is 22.9 Å². The van der Waals surface area contributed by atoms with Gasteiger partial charge in [0.25, 0.3) is 5.91 Å². The first-order valence-corrected chi connectivity index (χ1v) is 10.4. The summed E-state index contributed by atoms with van der Waals surface area (Å²) in [7, 11) is 0. The van der Waals surface area contributed by atoms with Crippen molar-refractivity contribution in [2.75, 3.05) is 5.32 Å². The number of carbonyl (C=O) groups excluding carboxylic acids is 1. The molecule has 0 fully saturated rings. The zero-order valence-electron chi connectivity index (χ0n) is 15.5. The molecule has 0 atom stereocenters. The molecule has 3 aromatic carbocycles. The van der Waals surface area contributed by atoms with Gasteiger partial charge in [0.15, 0.2) is 0 Å². The van der Waals surface area contributed by atoms with E-state index in [0.717, 1.165) is 29.0 Å². The van der Waals surface area contributed by atoms with Gasteiger partial charge in [-0.2, -0.15) is 0 Å². The van der Waals surface area contributed by atoms with Crippen molar-refractivity contribution in [3.05, 3.63) is 101 Å². The van der Waals surface area contributed by atoms with Crippen molar-refractivity contribution in [2.24, 2.45) is 0 Å². The van der Waals surface area contributed by atoms with Crippen molar-refractivity contribution in [3.63, 3.8) is 0 Å². The molecule has 0 bridgehead atoms. The second kappa shape index (κ2) is 8.99. The minimum absolute atomic E-state index is 0.174. The monoisotopic (exact) mass is 419 g/mol. The Kier molecular flexibility index (Phi) is 5.98. The fourth-order valence-corrected chi connectivity index (χ4v) is 3.90. The number of benzene rings is 3. The van der Waals surface area contributed by atoms with Gasteiger partial charge in [0.05, 0.1) is 0 Å². The Balaban J connectivity index is 1.47. The maximum absolute atomic E-state index is 12.8. The number of anilines is 1. The summed E-state index contributed by atoms with van der Waals surface area (Å²) < 4.78 is 0. The van der Waals surface area contributed by atoms with Crippen molar-refractivity contribution in [1.29, 1.82) is 0 Å². The molecule has 1 heterocycles. The second-order valence-electron chi connectivity index (χ2n) is 6.52. The molecule has 144 valence electrons. The third-order valence-corrected chi connectivity index (χ3v) is 5.66. The molecule has 4 nitrogen and oxygen atoms in total. The number of amides is 1. The molecule has 1 amide bonds. The Morgan fingerprint density at radius 1 is 0.862 bits per heavy atom. The SMILES string of the molecule is O=C(Nc1nnc(-c2ccc(Cl)cc2)s1)c1ccccc1CCc1ccccc1. The summed E-state index contributed by atoms with van der Waals surface area (Å²) in [5.74, 6) is -0.174. The quantitative estimate of drug-likeness (QED) is 0.423. The first-order valence-electron chi connectivity index (χ1n) is 9.22. The number of aromatic nitrogens is 2. The van der Waals surface area contributed by atoms with E-state index in [4.69, 9.17) is 11.6 Å². The molecule has 6 heteroatoms. The summed E-state index contributed by atoms with van der Waals surface area (Å²) in [5, 5.41) is 13.0. The van der Waals surface area contributed by atoms with Crippen molar-refractivity contribution < 1.29 is 4.79 Å². The number of halogens is 1. The van der Waals surface area contributed by atoms with Crippen LogP contribution in [0.25, 0.3) is 10.6 Å². The lowest BCUT2D eigenvalue weighted by molar-refractivity contribution is 0.102. The molecule has 0 aliphatic heterocycles. The van der Waals surface area contributed by atoms with Gasteiger partial charge in [-0.1, -0.05) is 83.6 Å². The molecule has 1 N–H and O–H groups in total. The molecule has 4 aromatic rings. The van der Waals surface area contributed by atoms with Gasteiger partial charge in [-0.15, -0.1) is 10.2 Å². The van der Waals surface area contributed by atoms with E-state index < -0.39 is 0 Å². The van der Waals surface area contributed by atoms with E-state index in [1.807, 2.05) is 54.6 Å². The van der Waals surface area contributed by atoms with Crippen LogP contribution in [0, 0.1) is 0 Å². The lowest BCUT2D eigenvalue weighted by Gasteiger charge is -2.09. The van der Waals surface area contributed by atoms with Gasteiger partial charge in [0.2, 0.25) is 5.13 Å². The van der Waals surface area contributed by atoms with E-state index >= 15 is 0 Å². The van der Waals surface area contributed by atoms with Crippen LogP contribution in [-0.2, 0) is 12.8 Å². The Bertz CT molecular complexity index is 1110. The molecule has 0 spiro atoms. The molecule has 0 unspecified atom stereocenters. The molecule has 29 heavy (non-hydrogen) atoms. The third kappa shape index (κ3) is 4.88. The number of hydrogen-bond acceptors (Lipinski definition) is 4. The van der Waals surface area contributed by atoms with Crippen LogP contribution in [0.1, 0.15) is 21.5 Å². The Hall–Kier alpha value is -3.02. The van der Waals surface area contributed by atoms with Crippen LogP contribution in [0.2, 0.25) is 5.02 Å². The molecule has 1 aromatic heterocycles.